The van der Waals surface area contributed by atoms with Crippen LogP contribution in [0.3, 0.4) is 0 Å². The maximum absolute atomic E-state index is 12.2. The fourth-order valence-corrected chi connectivity index (χ4v) is 3.19. The lowest BCUT2D eigenvalue weighted by Crippen LogP contribution is -2.50. The molecule has 18 heavy (non-hydrogen) atoms. The summed E-state index contributed by atoms with van der Waals surface area (Å²) in [6.45, 7) is 7.66. The number of hydrogen-bond donors (Lipinski definition) is 0. The highest BCUT2D eigenvalue weighted by Gasteiger charge is 2.49. The van der Waals surface area contributed by atoms with Crippen molar-refractivity contribution in [2.24, 2.45) is 5.41 Å². The molecule has 4 nitrogen and oxygen atoms in total. The van der Waals surface area contributed by atoms with Crippen LogP contribution in [-0.2, 0) is 4.74 Å². The van der Waals surface area contributed by atoms with Gasteiger partial charge in [0.25, 0.3) is 0 Å². The van der Waals surface area contributed by atoms with E-state index < -0.39 is 5.60 Å². The van der Waals surface area contributed by atoms with E-state index in [0.717, 1.165) is 25.7 Å². The molecule has 2 rings (SSSR count). The van der Waals surface area contributed by atoms with Crippen LogP contribution in [0.1, 0.15) is 53.4 Å². The summed E-state index contributed by atoms with van der Waals surface area (Å²) < 4.78 is 5.46. The van der Waals surface area contributed by atoms with Crippen molar-refractivity contribution in [3.63, 3.8) is 0 Å². The highest BCUT2D eigenvalue weighted by Crippen LogP contribution is 2.45. The molecule has 2 aliphatic rings. The van der Waals surface area contributed by atoms with E-state index in [-0.39, 0.29) is 23.6 Å². The van der Waals surface area contributed by atoms with Gasteiger partial charge in [-0.3, -0.25) is 0 Å². The van der Waals surface area contributed by atoms with Gasteiger partial charge in [0.1, 0.15) is 5.60 Å². The number of fused-ring (bicyclic) bond motifs is 2. The highest BCUT2D eigenvalue weighted by molar-refractivity contribution is 5.69. The van der Waals surface area contributed by atoms with Gasteiger partial charge in [0.2, 0.25) is 0 Å². The van der Waals surface area contributed by atoms with E-state index >= 15 is 0 Å². The van der Waals surface area contributed by atoms with E-state index in [1.54, 1.807) is 0 Å². The monoisotopic (exact) mass is 250 g/mol. The third-order valence-corrected chi connectivity index (χ3v) is 3.87. The zero-order chi connectivity index (χ0) is 13.6. The Kier molecular flexibility index (Phi) is 3.04. The zero-order valence-corrected chi connectivity index (χ0v) is 11.7. The van der Waals surface area contributed by atoms with Gasteiger partial charge in [-0.15, -0.1) is 0 Å². The van der Waals surface area contributed by atoms with Crippen LogP contribution in [-0.4, -0.2) is 28.7 Å². The SMILES string of the molecule is CC1(C#N)C[C@H]2CC[C@@H](C1)N2C(=O)OC(C)(C)C. The summed E-state index contributed by atoms with van der Waals surface area (Å²) in [7, 11) is 0. The standard InChI is InChI=1S/C14H22N2O2/c1-13(2,3)18-12(17)16-10-5-6-11(16)8-14(4,7-10)9-15/h10-11H,5-8H2,1-4H3/t10-,11+,14?. The topological polar surface area (TPSA) is 53.3 Å². The van der Waals surface area contributed by atoms with Crippen LogP contribution in [0.4, 0.5) is 4.79 Å². The number of ether oxygens (including phenoxy) is 1. The quantitative estimate of drug-likeness (QED) is 0.664. The van der Waals surface area contributed by atoms with Crippen molar-refractivity contribution in [2.75, 3.05) is 0 Å². The Morgan fingerprint density at radius 2 is 1.83 bits per heavy atom. The van der Waals surface area contributed by atoms with Crippen molar-refractivity contribution >= 4 is 6.09 Å². The number of hydrogen-bond acceptors (Lipinski definition) is 3. The Morgan fingerprint density at radius 1 is 1.33 bits per heavy atom. The lowest BCUT2D eigenvalue weighted by atomic mass is 9.78. The number of carbonyl (C=O) groups excluding carboxylic acids is 1. The second-order valence-electron chi connectivity index (χ2n) is 6.85. The molecule has 0 aromatic rings. The molecule has 3 atom stereocenters. The van der Waals surface area contributed by atoms with Gasteiger partial charge in [-0.05, 0) is 53.4 Å². The summed E-state index contributed by atoms with van der Waals surface area (Å²) in [6.07, 6.45) is 3.34. The van der Waals surface area contributed by atoms with Gasteiger partial charge in [0.05, 0.1) is 11.5 Å². The van der Waals surface area contributed by atoms with E-state index in [0.29, 0.717) is 0 Å². The Hall–Kier alpha value is -1.24. The molecule has 4 heteroatoms. The van der Waals surface area contributed by atoms with Crippen molar-refractivity contribution in [2.45, 2.75) is 71.1 Å². The minimum atomic E-state index is -0.452. The molecule has 1 amide bonds. The molecular weight excluding hydrogens is 228 g/mol. The fraction of sp³-hybridized carbons (Fsp3) is 0.857. The van der Waals surface area contributed by atoms with Crippen LogP contribution in [0.2, 0.25) is 0 Å². The van der Waals surface area contributed by atoms with Gasteiger partial charge in [-0.2, -0.15) is 5.26 Å². The number of nitriles is 1. The third-order valence-electron chi connectivity index (χ3n) is 3.87. The molecule has 2 fully saturated rings. The number of carbonyl (C=O) groups is 1. The Morgan fingerprint density at radius 3 is 2.22 bits per heavy atom. The molecule has 0 spiro atoms. The van der Waals surface area contributed by atoms with Crippen molar-refractivity contribution in [1.29, 1.82) is 5.26 Å². The van der Waals surface area contributed by atoms with Crippen molar-refractivity contribution in [1.82, 2.24) is 4.90 Å². The summed E-state index contributed by atoms with van der Waals surface area (Å²) in [5, 5.41) is 9.24. The lowest BCUT2D eigenvalue weighted by molar-refractivity contribution is -0.00226. The maximum Gasteiger partial charge on any atom is 0.410 e. The lowest BCUT2D eigenvalue weighted by Gasteiger charge is -2.41. The highest BCUT2D eigenvalue weighted by atomic mass is 16.6. The largest absolute Gasteiger partial charge is 0.444 e. The average Bonchev–Trinajstić information content (AvgIpc) is 2.50. The second-order valence-corrected chi connectivity index (χ2v) is 6.85. The zero-order valence-electron chi connectivity index (χ0n) is 11.7. The van der Waals surface area contributed by atoms with E-state index in [2.05, 4.69) is 6.07 Å². The van der Waals surface area contributed by atoms with E-state index in [4.69, 9.17) is 4.74 Å². The predicted molar refractivity (Wildman–Crippen MR) is 67.8 cm³/mol. The van der Waals surface area contributed by atoms with Gasteiger partial charge >= 0.3 is 6.09 Å². The molecule has 0 aliphatic carbocycles. The van der Waals surface area contributed by atoms with Crippen LogP contribution < -0.4 is 0 Å². The van der Waals surface area contributed by atoms with Crippen molar-refractivity contribution in [3.8, 4) is 6.07 Å². The number of amides is 1. The first-order valence-corrected chi connectivity index (χ1v) is 6.67. The summed E-state index contributed by atoms with van der Waals surface area (Å²) in [5.74, 6) is 0. The molecule has 0 N–H and O–H groups in total. The van der Waals surface area contributed by atoms with Gasteiger partial charge in [0.15, 0.2) is 0 Å². The van der Waals surface area contributed by atoms with Crippen LogP contribution in [0.5, 0.6) is 0 Å². The van der Waals surface area contributed by atoms with E-state index in [1.807, 2.05) is 32.6 Å². The van der Waals surface area contributed by atoms with Crippen molar-refractivity contribution < 1.29 is 9.53 Å². The third kappa shape index (κ3) is 2.45. The maximum atomic E-state index is 12.2. The predicted octanol–water partition coefficient (Wildman–Crippen LogP) is 3.08. The van der Waals surface area contributed by atoms with Gasteiger partial charge in [0, 0.05) is 12.1 Å². The minimum absolute atomic E-state index is 0.184. The van der Waals surface area contributed by atoms with E-state index in [1.165, 1.54) is 0 Å². The second kappa shape index (κ2) is 4.15. The molecule has 2 heterocycles. The molecule has 1 unspecified atom stereocenters. The van der Waals surface area contributed by atoms with Gasteiger partial charge in [-0.25, -0.2) is 4.79 Å². The molecule has 2 aliphatic heterocycles. The molecular formula is C14H22N2O2. The molecule has 100 valence electrons. The number of rotatable bonds is 0. The number of piperidine rings is 1. The molecule has 2 bridgehead atoms. The van der Waals surface area contributed by atoms with Crippen LogP contribution in [0.15, 0.2) is 0 Å². The molecule has 0 radical (unpaired) electrons. The fourth-order valence-electron chi connectivity index (χ4n) is 3.19. The summed E-state index contributed by atoms with van der Waals surface area (Å²) in [6, 6.07) is 2.78. The number of nitrogens with zero attached hydrogens (tertiary/aromatic N) is 2. The Bertz CT molecular complexity index is 378. The molecule has 0 saturated carbocycles. The molecule has 0 aromatic carbocycles. The molecule has 2 saturated heterocycles. The Balaban J connectivity index is 2.10. The van der Waals surface area contributed by atoms with Crippen LogP contribution in [0.25, 0.3) is 0 Å². The first-order chi connectivity index (χ1) is 8.24. The summed E-state index contributed by atoms with van der Waals surface area (Å²) in [5.41, 5.74) is -0.725. The van der Waals surface area contributed by atoms with Crippen LogP contribution >= 0.6 is 0 Å². The minimum Gasteiger partial charge on any atom is -0.444 e. The summed E-state index contributed by atoms with van der Waals surface area (Å²) in [4.78, 5) is 14.1. The Labute approximate surface area is 109 Å². The van der Waals surface area contributed by atoms with Gasteiger partial charge in [-0.1, -0.05) is 0 Å². The normalized spacial score (nSPS) is 35.2. The first-order valence-electron chi connectivity index (χ1n) is 6.67. The smallest absolute Gasteiger partial charge is 0.410 e. The first kappa shape index (κ1) is 13.2. The van der Waals surface area contributed by atoms with E-state index in [9.17, 15) is 10.1 Å². The summed E-state index contributed by atoms with van der Waals surface area (Å²) >= 11 is 0. The average molecular weight is 250 g/mol. The van der Waals surface area contributed by atoms with Gasteiger partial charge < -0.3 is 9.64 Å². The van der Waals surface area contributed by atoms with Crippen LogP contribution in [0, 0.1) is 16.7 Å². The van der Waals surface area contributed by atoms with Crippen molar-refractivity contribution in [3.05, 3.63) is 0 Å². The molecule has 0 aromatic heterocycles.